The van der Waals surface area contributed by atoms with Gasteiger partial charge < -0.3 is 4.90 Å². The van der Waals surface area contributed by atoms with E-state index in [9.17, 15) is 18.4 Å². The van der Waals surface area contributed by atoms with Crippen LogP contribution in [-0.2, 0) is 6.18 Å². The molecule has 3 heterocycles. The summed E-state index contributed by atoms with van der Waals surface area (Å²) < 4.78 is 38.1. The maximum Gasteiger partial charge on any atom is 0.417 e. The Morgan fingerprint density at radius 1 is 1.15 bits per heavy atom. The number of nitrogens with zero attached hydrogens (tertiary/aromatic N) is 5. The van der Waals surface area contributed by atoms with Crippen LogP contribution >= 0.6 is 11.6 Å². The number of anilines is 1. The van der Waals surface area contributed by atoms with Crippen molar-refractivity contribution >= 4 is 29.2 Å². The van der Waals surface area contributed by atoms with Gasteiger partial charge in [0.1, 0.15) is 6.07 Å². The van der Waals surface area contributed by atoms with Gasteiger partial charge in [0.25, 0.3) is 0 Å². The van der Waals surface area contributed by atoms with Gasteiger partial charge in [-0.1, -0.05) is 11.6 Å². The molecule has 1 aliphatic heterocycles. The third kappa shape index (κ3) is 3.94. The van der Waals surface area contributed by atoms with E-state index in [1.165, 1.54) is 6.08 Å². The van der Waals surface area contributed by atoms with Crippen LogP contribution in [0.2, 0.25) is 5.02 Å². The van der Waals surface area contributed by atoms with Crippen LogP contribution in [0.3, 0.4) is 0 Å². The molecular formula is C17H13ClF3N5. The Hall–Kier alpha value is -2.66. The number of rotatable bonds is 3. The molecule has 2 aromatic rings. The van der Waals surface area contributed by atoms with E-state index >= 15 is 0 Å². The van der Waals surface area contributed by atoms with Gasteiger partial charge in [-0.15, -0.1) is 0 Å². The summed E-state index contributed by atoms with van der Waals surface area (Å²) in [6.07, 6.45) is 2.84. The second kappa shape index (κ2) is 7.30. The van der Waals surface area contributed by atoms with Crippen LogP contribution in [0, 0.1) is 11.3 Å². The summed E-state index contributed by atoms with van der Waals surface area (Å²) in [4.78, 5) is 14.3. The largest absolute Gasteiger partial charge is 0.417 e. The summed E-state index contributed by atoms with van der Waals surface area (Å²) in [6, 6.07) is 2.65. The minimum absolute atomic E-state index is 0.0224. The minimum atomic E-state index is -4.55. The van der Waals surface area contributed by atoms with Crippen LogP contribution in [0.4, 0.5) is 19.1 Å². The first-order valence-corrected chi connectivity index (χ1v) is 8.18. The van der Waals surface area contributed by atoms with Crippen molar-refractivity contribution in [2.75, 3.05) is 18.0 Å². The predicted octanol–water partition coefficient (Wildman–Crippen LogP) is 4.21. The summed E-state index contributed by atoms with van der Waals surface area (Å²) in [5.74, 6) is 0.615. The van der Waals surface area contributed by atoms with E-state index in [-0.39, 0.29) is 16.3 Å². The first-order chi connectivity index (χ1) is 12.4. The Labute approximate surface area is 152 Å². The topological polar surface area (TPSA) is 65.7 Å². The number of halogens is 4. The number of alkyl halides is 3. The van der Waals surface area contributed by atoms with Crippen molar-refractivity contribution < 1.29 is 13.2 Å². The van der Waals surface area contributed by atoms with E-state index in [0.717, 1.165) is 32.0 Å². The molecule has 0 aliphatic carbocycles. The van der Waals surface area contributed by atoms with Gasteiger partial charge in [-0.2, -0.15) is 18.4 Å². The van der Waals surface area contributed by atoms with E-state index in [1.54, 1.807) is 12.4 Å². The lowest BCUT2D eigenvalue weighted by molar-refractivity contribution is -0.137. The Morgan fingerprint density at radius 3 is 2.35 bits per heavy atom. The van der Waals surface area contributed by atoms with Gasteiger partial charge in [-0.05, 0) is 25.0 Å². The Kier molecular flexibility index (Phi) is 5.09. The second-order valence-corrected chi connectivity index (χ2v) is 6.14. The molecule has 0 saturated carbocycles. The van der Waals surface area contributed by atoms with Crippen molar-refractivity contribution in [2.45, 2.75) is 19.0 Å². The molecule has 0 bridgehead atoms. The van der Waals surface area contributed by atoms with Crippen LogP contribution in [0.15, 0.2) is 24.7 Å². The molecule has 0 amide bonds. The lowest BCUT2D eigenvalue weighted by Gasteiger charge is -2.14. The normalized spacial score (nSPS) is 15.2. The zero-order valence-corrected chi connectivity index (χ0v) is 14.2. The molecular weight excluding hydrogens is 367 g/mol. The van der Waals surface area contributed by atoms with Crippen molar-refractivity contribution in [3.05, 3.63) is 46.5 Å². The number of nitriles is 1. The third-order valence-electron chi connectivity index (χ3n) is 3.90. The van der Waals surface area contributed by atoms with E-state index in [2.05, 4.69) is 19.9 Å². The quantitative estimate of drug-likeness (QED) is 0.747. The fourth-order valence-electron chi connectivity index (χ4n) is 2.60. The van der Waals surface area contributed by atoms with Crippen LogP contribution in [0.5, 0.6) is 0 Å². The van der Waals surface area contributed by atoms with Crippen molar-refractivity contribution in [1.29, 1.82) is 5.26 Å². The average molecular weight is 380 g/mol. The molecule has 0 unspecified atom stereocenters. The van der Waals surface area contributed by atoms with Crippen LogP contribution in [0.1, 0.15) is 29.7 Å². The highest BCUT2D eigenvalue weighted by Crippen LogP contribution is 2.33. The molecule has 0 N–H and O–H groups in total. The Morgan fingerprint density at radius 2 is 1.81 bits per heavy atom. The maximum atomic E-state index is 12.7. The zero-order valence-electron chi connectivity index (χ0n) is 13.5. The predicted molar refractivity (Wildman–Crippen MR) is 91.2 cm³/mol. The number of hydrogen-bond acceptors (Lipinski definition) is 5. The van der Waals surface area contributed by atoms with Crippen LogP contribution in [-0.4, -0.2) is 28.0 Å². The molecule has 5 nitrogen and oxygen atoms in total. The SMILES string of the molecule is N#CC(=Cc1cnc(N2CCCC2)nc1)c1ncc(C(F)(F)F)cc1Cl. The minimum Gasteiger partial charge on any atom is -0.341 e. The summed E-state index contributed by atoms with van der Waals surface area (Å²) in [5, 5.41) is 9.09. The maximum absolute atomic E-state index is 12.7. The smallest absolute Gasteiger partial charge is 0.341 e. The number of hydrogen-bond donors (Lipinski definition) is 0. The molecule has 3 rings (SSSR count). The van der Waals surface area contributed by atoms with Gasteiger partial charge in [0.2, 0.25) is 5.95 Å². The molecule has 2 aromatic heterocycles. The fraction of sp³-hybridized carbons (Fsp3) is 0.294. The summed E-state index contributed by atoms with van der Waals surface area (Å²) in [5.41, 5.74) is -0.434. The molecule has 0 atom stereocenters. The highest BCUT2D eigenvalue weighted by molar-refractivity contribution is 6.32. The third-order valence-corrected chi connectivity index (χ3v) is 4.19. The molecule has 0 spiro atoms. The van der Waals surface area contributed by atoms with E-state index in [1.807, 2.05) is 6.07 Å². The first kappa shape index (κ1) is 18.1. The summed E-state index contributed by atoms with van der Waals surface area (Å²) in [7, 11) is 0. The van der Waals surface area contributed by atoms with Crippen LogP contribution in [0.25, 0.3) is 11.6 Å². The van der Waals surface area contributed by atoms with Gasteiger partial charge in [0.15, 0.2) is 0 Å². The molecule has 134 valence electrons. The van der Waals surface area contributed by atoms with Gasteiger partial charge in [-0.3, -0.25) is 4.98 Å². The summed E-state index contributed by atoms with van der Waals surface area (Å²) in [6.45, 7) is 1.81. The molecule has 1 aliphatic rings. The van der Waals surface area contributed by atoms with E-state index < -0.39 is 11.7 Å². The highest BCUT2D eigenvalue weighted by Gasteiger charge is 2.31. The van der Waals surface area contributed by atoms with Crippen molar-refractivity contribution in [1.82, 2.24) is 15.0 Å². The van der Waals surface area contributed by atoms with Crippen molar-refractivity contribution in [2.24, 2.45) is 0 Å². The average Bonchev–Trinajstić information content (AvgIpc) is 3.14. The van der Waals surface area contributed by atoms with Gasteiger partial charge >= 0.3 is 6.18 Å². The number of allylic oxidation sites excluding steroid dienone is 1. The lowest BCUT2D eigenvalue weighted by atomic mass is 10.1. The number of pyridine rings is 1. The lowest BCUT2D eigenvalue weighted by Crippen LogP contribution is -2.20. The van der Waals surface area contributed by atoms with Crippen molar-refractivity contribution in [3.63, 3.8) is 0 Å². The zero-order chi connectivity index (χ0) is 18.7. The first-order valence-electron chi connectivity index (χ1n) is 7.80. The molecule has 26 heavy (non-hydrogen) atoms. The molecule has 1 saturated heterocycles. The van der Waals surface area contributed by atoms with Crippen LogP contribution < -0.4 is 4.90 Å². The highest BCUT2D eigenvalue weighted by atomic mass is 35.5. The van der Waals surface area contributed by atoms with Gasteiger partial charge in [-0.25, -0.2) is 9.97 Å². The standard InChI is InChI=1S/C17H13ClF3N5/c18-14-6-13(17(19,20)21)10-23-15(14)12(7-22)5-11-8-24-16(25-9-11)26-3-1-2-4-26/h5-6,8-10H,1-4H2. The Balaban J connectivity index is 1.87. The summed E-state index contributed by atoms with van der Waals surface area (Å²) >= 11 is 5.89. The number of aromatic nitrogens is 3. The molecule has 1 fully saturated rings. The van der Waals surface area contributed by atoms with E-state index in [0.29, 0.717) is 17.7 Å². The second-order valence-electron chi connectivity index (χ2n) is 5.73. The van der Waals surface area contributed by atoms with Crippen molar-refractivity contribution in [3.8, 4) is 6.07 Å². The fourth-order valence-corrected chi connectivity index (χ4v) is 2.87. The molecule has 9 heteroatoms. The monoisotopic (exact) mass is 379 g/mol. The Bertz CT molecular complexity index is 865. The molecule has 0 radical (unpaired) electrons. The van der Waals surface area contributed by atoms with Gasteiger partial charge in [0, 0.05) is 37.2 Å². The molecule has 0 aromatic carbocycles. The van der Waals surface area contributed by atoms with Gasteiger partial charge in [0.05, 0.1) is 21.9 Å². The van der Waals surface area contributed by atoms with E-state index in [4.69, 9.17) is 11.6 Å².